The molecule has 6 nitrogen and oxygen atoms in total. The Morgan fingerprint density at radius 3 is 2.07 bits per heavy atom. The molecule has 0 aromatic heterocycles. The molecule has 0 unspecified atom stereocenters. The fourth-order valence-corrected chi connectivity index (χ4v) is 4.17. The van der Waals surface area contributed by atoms with Gasteiger partial charge in [0.15, 0.2) is 0 Å². The second-order valence-corrected chi connectivity index (χ2v) is 7.76. The summed E-state index contributed by atoms with van der Waals surface area (Å²) in [5.74, 6) is 2.02. The van der Waals surface area contributed by atoms with Crippen LogP contribution in [0.3, 0.4) is 0 Å². The lowest BCUT2D eigenvalue weighted by Gasteiger charge is -2.35. The van der Waals surface area contributed by atoms with Gasteiger partial charge in [0.25, 0.3) is 0 Å². The number of aryl methyl sites for hydroxylation is 1. The van der Waals surface area contributed by atoms with E-state index in [0.717, 1.165) is 55.8 Å². The minimum atomic E-state index is 0.0878. The highest BCUT2D eigenvalue weighted by molar-refractivity contribution is 5.80. The third-order valence-corrected chi connectivity index (χ3v) is 5.90. The molecule has 0 aliphatic carbocycles. The quantitative estimate of drug-likeness (QED) is 0.752. The van der Waals surface area contributed by atoms with E-state index in [1.807, 2.05) is 28.0 Å². The molecular weight excluding hydrogens is 356 g/mol. The molecular formula is C22H32N2O4. The number of likely N-dealkylation sites (tertiary alicyclic amines) is 2. The molecule has 154 valence electrons. The first-order valence-corrected chi connectivity index (χ1v) is 10.4. The second-order valence-electron chi connectivity index (χ2n) is 7.76. The molecule has 0 spiro atoms. The number of piperidine rings is 2. The van der Waals surface area contributed by atoms with Crippen molar-refractivity contribution in [3.05, 3.63) is 23.8 Å². The van der Waals surface area contributed by atoms with Crippen LogP contribution in [0.15, 0.2) is 18.2 Å². The number of nitrogens with zero attached hydrogens (tertiary/aromatic N) is 2. The fourth-order valence-electron chi connectivity index (χ4n) is 4.17. The Morgan fingerprint density at radius 2 is 1.50 bits per heavy atom. The Morgan fingerprint density at radius 1 is 0.893 bits per heavy atom. The van der Waals surface area contributed by atoms with E-state index in [1.165, 1.54) is 6.42 Å². The van der Waals surface area contributed by atoms with E-state index in [1.54, 1.807) is 14.2 Å². The second kappa shape index (κ2) is 9.80. The number of methoxy groups -OCH3 is 2. The van der Waals surface area contributed by atoms with Crippen molar-refractivity contribution in [2.24, 2.45) is 5.92 Å². The lowest BCUT2D eigenvalue weighted by molar-refractivity contribution is -0.141. The van der Waals surface area contributed by atoms with Gasteiger partial charge in [-0.3, -0.25) is 9.59 Å². The predicted octanol–water partition coefficient (Wildman–Crippen LogP) is 2.89. The van der Waals surface area contributed by atoms with E-state index in [0.29, 0.717) is 31.8 Å². The van der Waals surface area contributed by atoms with Gasteiger partial charge in [-0.05, 0) is 56.2 Å². The number of hydrogen-bond acceptors (Lipinski definition) is 4. The molecule has 2 aliphatic heterocycles. The van der Waals surface area contributed by atoms with Crippen LogP contribution in [0.5, 0.6) is 11.5 Å². The molecule has 2 heterocycles. The van der Waals surface area contributed by atoms with Crippen LogP contribution in [-0.2, 0) is 16.0 Å². The van der Waals surface area contributed by atoms with Crippen LogP contribution in [0.2, 0.25) is 0 Å². The summed E-state index contributed by atoms with van der Waals surface area (Å²) in [6.07, 6.45) is 6.16. The maximum absolute atomic E-state index is 12.7. The van der Waals surface area contributed by atoms with Crippen LogP contribution in [0.4, 0.5) is 0 Å². The molecule has 0 atom stereocenters. The lowest BCUT2D eigenvalue weighted by atomic mass is 9.94. The van der Waals surface area contributed by atoms with Gasteiger partial charge in [-0.25, -0.2) is 0 Å². The van der Waals surface area contributed by atoms with Crippen molar-refractivity contribution in [3.63, 3.8) is 0 Å². The zero-order valence-electron chi connectivity index (χ0n) is 17.1. The van der Waals surface area contributed by atoms with Crippen molar-refractivity contribution >= 4 is 11.8 Å². The van der Waals surface area contributed by atoms with Crippen LogP contribution in [0.25, 0.3) is 0 Å². The summed E-state index contributed by atoms with van der Waals surface area (Å²) in [6, 6.07) is 5.72. The average Bonchev–Trinajstić information content (AvgIpc) is 2.77. The minimum Gasteiger partial charge on any atom is -0.497 e. The van der Waals surface area contributed by atoms with Gasteiger partial charge >= 0.3 is 0 Å². The number of amides is 2. The molecule has 0 bridgehead atoms. The highest BCUT2D eigenvalue weighted by atomic mass is 16.5. The number of carbonyl (C=O) groups is 2. The molecule has 0 saturated carbocycles. The molecule has 28 heavy (non-hydrogen) atoms. The number of hydrogen-bond donors (Lipinski definition) is 0. The highest BCUT2D eigenvalue weighted by Gasteiger charge is 2.30. The molecule has 3 rings (SSSR count). The number of rotatable bonds is 6. The molecule has 0 radical (unpaired) electrons. The van der Waals surface area contributed by atoms with Crippen LogP contribution < -0.4 is 9.47 Å². The molecule has 2 amide bonds. The molecule has 2 fully saturated rings. The third kappa shape index (κ3) is 5.18. The standard InChI is InChI=1S/C22H32N2O4/c1-27-19-14-17(15-20(16-19)28-2)6-7-21(25)23-12-8-18(9-13-23)22(26)24-10-4-3-5-11-24/h14-16,18H,3-13H2,1-2H3. The van der Waals surface area contributed by atoms with E-state index >= 15 is 0 Å². The highest BCUT2D eigenvalue weighted by Crippen LogP contribution is 2.25. The van der Waals surface area contributed by atoms with Crippen molar-refractivity contribution in [1.29, 1.82) is 0 Å². The first-order chi connectivity index (χ1) is 13.6. The van der Waals surface area contributed by atoms with Gasteiger partial charge in [0.05, 0.1) is 14.2 Å². The summed E-state index contributed by atoms with van der Waals surface area (Å²) in [5.41, 5.74) is 1.03. The van der Waals surface area contributed by atoms with Crippen molar-refractivity contribution in [1.82, 2.24) is 9.80 Å². The molecule has 6 heteroatoms. The minimum absolute atomic E-state index is 0.0878. The Balaban J connectivity index is 1.47. The summed E-state index contributed by atoms with van der Waals surface area (Å²) in [6.45, 7) is 3.18. The topological polar surface area (TPSA) is 59.1 Å². The summed E-state index contributed by atoms with van der Waals surface area (Å²) < 4.78 is 10.6. The van der Waals surface area contributed by atoms with Gasteiger partial charge in [0.2, 0.25) is 11.8 Å². The predicted molar refractivity (Wildman–Crippen MR) is 108 cm³/mol. The lowest BCUT2D eigenvalue weighted by Crippen LogP contribution is -2.45. The van der Waals surface area contributed by atoms with Gasteiger partial charge < -0.3 is 19.3 Å². The smallest absolute Gasteiger partial charge is 0.225 e. The Labute approximate surface area is 167 Å². The number of ether oxygens (including phenoxy) is 2. The van der Waals surface area contributed by atoms with Crippen LogP contribution in [0.1, 0.15) is 44.1 Å². The van der Waals surface area contributed by atoms with Gasteiger partial charge in [0.1, 0.15) is 11.5 Å². The van der Waals surface area contributed by atoms with Crippen LogP contribution in [-0.4, -0.2) is 62.0 Å². The SMILES string of the molecule is COc1cc(CCC(=O)N2CCC(C(=O)N3CCCCC3)CC2)cc(OC)c1. The summed E-state index contributed by atoms with van der Waals surface area (Å²) in [5, 5.41) is 0. The van der Waals surface area contributed by atoms with Crippen molar-refractivity contribution in [3.8, 4) is 11.5 Å². The molecule has 2 saturated heterocycles. The first-order valence-electron chi connectivity index (χ1n) is 10.4. The van der Waals surface area contributed by atoms with Gasteiger partial charge in [-0.15, -0.1) is 0 Å². The fraction of sp³-hybridized carbons (Fsp3) is 0.636. The molecule has 2 aliphatic rings. The van der Waals surface area contributed by atoms with Gasteiger partial charge in [0, 0.05) is 44.6 Å². The van der Waals surface area contributed by atoms with E-state index in [2.05, 4.69) is 0 Å². The van der Waals surface area contributed by atoms with Crippen LogP contribution in [0, 0.1) is 5.92 Å². The summed E-state index contributed by atoms with van der Waals surface area (Å²) in [4.78, 5) is 29.2. The molecule has 1 aromatic rings. The zero-order valence-corrected chi connectivity index (χ0v) is 17.1. The maximum atomic E-state index is 12.7. The Hall–Kier alpha value is -2.24. The maximum Gasteiger partial charge on any atom is 0.225 e. The zero-order chi connectivity index (χ0) is 19.9. The summed E-state index contributed by atoms with van der Waals surface area (Å²) in [7, 11) is 3.25. The summed E-state index contributed by atoms with van der Waals surface area (Å²) >= 11 is 0. The van der Waals surface area contributed by atoms with E-state index in [9.17, 15) is 9.59 Å². The normalized spacial score (nSPS) is 18.1. The Bertz CT molecular complexity index is 655. The average molecular weight is 389 g/mol. The van der Waals surface area contributed by atoms with E-state index in [4.69, 9.17) is 9.47 Å². The van der Waals surface area contributed by atoms with Crippen LogP contribution >= 0.6 is 0 Å². The number of benzene rings is 1. The first kappa shape index (κ1) is 20.5. The van der Waals surface area contributed by atoms with Crippen molar-refractivity contribution in [2.45, 2.75) is 44.9 Å². The van der Waals surface area contributed by atoms with E-state index in [-0.39, 0.29) is 11.8 Å². The third-order valence-electron chi connectivity index (χ3n) is 5.90. The monoisotopic (exact) mass is 388 g/mol. The van der Waals surface area contributed by atoms with Crippen molar-refractivity contribution < 1.29 is 19.1 Å². The Kier molecular flexibility index (Phi) is 7.18. The van der Waals surface area contributed by atoms with Gasteiger partial charge in [-0.2, -0.15) is 0 Å². The largest absolute Gasteiger partial charge is 0.497 e. The molecule has 0 N–H and O–H groups in total. The van der Waals surface area contributed by atoms with Crippen molar-refractivity contribution in [2.75, 3.05) is 40.4 Å². The van der Waals surface area contributed by atoms with E-state index < -0.39 is 0 Å². The molecule has 1 aromatic carbocycles. The number of carbonyl (C=O) groups excluding carboxylic acids is 2. The van der Waals surface area contributed by atoms with Gasteiger partial charge in [-0.1, -0.05) is 0 Å².